The van der Waals surface area contributed by atoms with Gasteiger partial charge in [-0.2, -0.15) is 17.0 Å². The Labute approximate surface area is 130 Å². The van der Waals surface area contributed by atoms with Gasteiger partial charge in [-0.15, -0.1) is 0 Å². The molecule has 21 heavy (non-hydrogen) atoms. The molecule has 0 radical (unpaired) electrons. The van der Waals surface area contributed by atoms with E-state index in [1.807, 2.05) is 6.92 Å². The van der Waals surface area contributed by atoms with Crippen LogP contribution in [0.2, 0.25) is 0 Å². The molecule has 2 saturated heterocycles. The van der Waals surface area contributed by atoms with Gasteiger partial charge in [0.1, 0.15) is 0 Å². The molecule has 0 aliphatic carbocycles. The van der Waals surface area contributed by atoms with E-state index < -0.39 is 10.2 Å². The summed E-state index contributed by atoms with van der Waals surface area (Å²) in [6.45, 7) is 7.31. The lowest BCUT2D eigenvalue weighted by Gasteiger charge is -2.41. The maximum atomic E-state index is 13.0. The van der Waals surface area contributed by atoms with E-state index in [1.54, 1.807) is 8.61 Å². The fourth-order valence-electron chi connectivity index (χ4n) is 3.48. The van der Waals surface area contributed by atoms with Crippen LogP contribution in [0.15, 0.2) is 0 Å². The molecule has 0 saturated carbocycles. The smallest absolute Gasteiger partial charge is 0.282 e. The molecule has 0 bridgehead atoms. The van der Waals surface area contributed by atoms with Gasteiger partial charge >= 0.3 is 0 Å². The van der Waals surface area contributed by atoms with Gasteiger partial charge in [0.05, 0.1) is 0 Å². The zero-order chi connectivity index (χ0) is 15.3. The lowest BCUT2D eigenvalue weighted by Crippen LogP contribution is -2.56. The first-order valence-electron chi connectivity index (χ1n) is 8.56. The van der Waals surface area contributed by atoms with Crippen molar-refractivity contribution in [1.82, 2.24) is 13.9 Å². The molecule has 2 unspecified atom stereocenters. The Morgan fingerprint density at radius 1 is 1.05 bits per heavy atom. The predicted octanol–water partition coefficient (Wildman–Crippen LogP) is 1.96. The van der Waals surface area contributed by atoms with Crippen LogP contribution in [0, 0.1) is 0 Å². The molecule has 124 valence electrons. The van der Waals surface area contributed by atoms with Crippen LogP contribution in [0.3, 0.4) is 0 Å². The van der Waals surface area contributed by atoms with Crippen LogP contribution in [0.1, 0.15) is 58.8 Å². The molecule has 0 spiro atoms. The van der Waals surface area contributed by atoms with Crippen LogP contribution in [0.5, 0.6) is 0 Å². The summed E-state index contributed by atoms with van der Waals surface area (Å²) in [5.74, 6) is 0. The number of hydrogen-bond donors (Lipinski definition) is 1. The summed E-state index contributed by atoms with van der Waals surface area (Å²) < 4.78 is 29.6. The van der Waals surface area contributed by atoms with Crippen molar-refractivity contribution in [2.24, 2.45) is 0 Å². The minimum absolute atomic E-state index is 0.129. The van der Waals surface area contributed by atoms with Gasteiger partial charge in [-0.1, -0.05) is 19.8 Å². The molecule has 2 atom stereocenters. The van der Waals surface area contributed by atoms with E-state index in [9.17, 15) is 8.42 Å². The molecule has 0 aromatic carbocycles. The highest BCUT2D eigenvalue weighted by atomic mass is 32.2. The van der Waals surface area contributed by atoms with Crippen molar-refractivity contribution in [2.75, 3.05) is 26.2 Å². The zero-order valence-electron chi connectivity index (χ0n) is 13.6. The molecular weight excluding hydrogens is 286 g/mol. The summed E-state index contributed by atoms with van der Waals surface area (Å²) in [6, 6.07) is 0.277. The monoisotopic (exact) mass is 317 g/mol. The quantitative estimate of drug-likeness (QED) is 0.762. The van der Waals surface area contributed by atoms with Gasteiger partial charge in [0.2, 0.25) is 0 Å². The van der Waals surface area contributed by atoms with Crippen LogP contribution < -0.4 is 5.32 Å². The van der Waals surface area contributed by atoms with Crippen LogP contribution in [-0.2, 0) is 10.2 Å². The summed E-state index contributed by atoms with van der Waals surface area (Å²) in [4.78, 5) is 0. The molecule has 2 heterocycles. The first-order valence-corrected chi connectivity index (χ1v) is 9.96. The SMILES string of the molecule is CCCNCC1CCCCN1S(=O)(=O)N1CCCCC1C. The minimum atomic E-state index is -3.29. The van der Waals surface area contributed by atoms with Gasteiger partial charge in [0, 0.05) is 31.7 Å². The zero-order valence-corrected chi connectivity index (χ0v) is 14.4. The van der Waals surface area contributed by atoms with E-state index in [4.69, 9.17) is 0 Å². The Hall–Kier alpha value is -0.170. The van der Waals surface area contributed by atoms with Crippen molar-refractivity contribution >= 4 is 10.2 Å². The first kappa shape index (κ1) is 17.2. The molecule has 2 aliphatic rings. The molecular formula is C15H31N3O2S. The van der Waals surface area contributed by atoms with E-state index in [0.29, 0.717) is 13.1 Å². The summed E-state index contributed by atoms with van der Waals surface area (Å²) in [7, 11) is -3.29. The van der Waals surface area contributed by atoms with Crippen molar-refractivity contribution in [3.8, 4) is 0 Å². The molecule has 0 aromatic heterocycles. The summed E-state index contributed by atoms with van der Waals surface area (Å²) in [5, 5.41) is 3.40. The summed E-state index contributed by atoms with van der Waals surface area (Å²) >= 11 is 0. The number of nitrogens with one attached hydrogen (secondary N) is 1. The van der Waals surface area contributed by atoms with Crippen LogP contribution in [-0.4, -0.2) is 55.3 Å². The van der Waals surface area contributed by atoms with Gasteiger partial charge in [-0.25, -0.2) is 0 Å². The largest absolute Gasteiger partial charge is 0.315 e. The second kappa shape index (κ2) is 7.90. The summed E-state index contributed by atoms with van der Waals surface area (Å²) in [5.41, 5.74) is 0. The van der Waals surface area contributed by atoms with Gasteiger partial charge in [-0.3, -0.25) is 0 Å². The number of piperidine rings is 2. The number of rotatable bonds is 6. The van der Waals surface area contributed by atoms with Crippen LogP contribution in [0.25, 0.3) is 0 Å². The standard InChI is InChI=1S/C15H31N3O2S/c1-3-10-16-13-15-9-5-7-12-18(15)21(19,20)17-11-6-4-8-14(17)2/h14-16H,3-13H2,1-2H3. The molecule has 2 fully saturated rings. The van der Waals surface area contributed by atoms with E-state index in [0.717, 1.165) is 58.0 Å². The van der Waals surface area contributed by atoms with Gasteiger partial charge < -0.3 is 5.32 Å². The van der Waals surface area contributed by atoms with Crippen LogP contribution >= 0.6 is 0 Å². The number of nitrogens with zero attached hydrogens (tertiary/aromatic N) is 2. The van der Waals surface area contributed by atoms with E-state index in [2.05, 4.69) is 12.2 Å². The fraction of sp³-hybridized carbons (Fsp3) is 1.00. The van der Waals surface area contributed by atoms with Crippen molar-refractivity contribution < 1.29 is 8.42 Å². The van der Waals surface area contributed by atoms with E-state index in [1.165, 1.54) is 0 Å². The predicted molar refractivity (Wildman–Crippen MR) is 86.4 cm³/mol. The first-order chi connectivity index (χ1) is 10.1. The van der Waals surface area contributed by atoms with Gasteiger partial charge in [0.25, 0.3) is 10.2 Å². The van der Waals surface area contributed by atoms with Crippen LogP contribution in [0.4, 0.5) is 0 Å². The molecule has 0 amide bonds. The Bertz CT molecular complexity index is 413. The maximum absolute atomic E-state index is 13.0. The lowest BCUT2D eigenvalue weighted by molar-refractivity contribution is 0.199. The average Bonchev–Trinajstić information content (AvgIpc) is 2.48. The molecule has 2 aliphatic heterocycles. The Morgan fingerprint density at radius 3 is 2.38 bits per heavy atom. The Balaban J connectivity index is 2.07. The third-order valence-corrected chi connectivity index (χ3v) is 6.92. The maximum Gasteiger partial charge on any atom is 0.282 e. The lowest BCUT2D eigenvalue weighted by atomic mass is 10.1. The van der Waals surface area contributed by atoms with Crippen molar-refractivity contribution in [2.45, 2.75) is 70.9 Å². The number of hydrogen-bond acceptors (Lipinski definition) is 3. The molecule has 6 heteroatoms. The normalized spacial score (nSPS) is 29.6. The second-order valence-corrected chi connectivity index (χ2v) is 8.26. The highest BCUT2D eigenvalue weighted by Gasteiger charge is 2.38. The highest BCUT2D eigenvalue weighted by Crippen LogP contribution is 2.27. The third kappa shape index (κ3) is 4.18. The molecule has 2 rings (SSSR count). The molecule has 1 N–H and O–H groups in total. The van der Waals surface area contributed by atoms with Crippen molar-refractivity contribution in [1.29, 1.82) is 0 Å². The van der Waals surface area contributed by atoms with Crippen molar-refractivity contribution in [3.05, 3.63) is 0 Å². The molecule has 0 aromatic rings. The van der Waals surface area contributed by atoms with Gasteiger partial charge in [-0.05, 0) is 45.6 Å². The minimum Gasteiger partial charge on any atom is -0.315 e. The van der Waals surface area contributed by atoms with E-state index in [-0.39, 0.29) is 12.1 Å². The average molecular weight is 317 g/mol. The summed E-state index contributed by atoms with van der Waals surface area (Å²) in [6.07, 6.45) is 7.34. The fourth-order valence-corrected chi connectivity index (χ4v) is 5.58. The second-order valence-electron chi connectivity index (χ2n) is 6.43. The van der Waals surface area contributed by atoms with Crippen molar-refractivity contribution in [3.63, 3.8) is 0 Å². The Kier molecular flexibility index (Phi) is 6.47. The van der Waals surface area contributed by atoms with Gasteiger partial charge in [0.15, 0.2) is 0 Å². The molecule has 5 nitrogen and oxygen atoms in total. The Morgan fingerprint density at radius 2 is 1.71 bits per heavy atom. The topological polar surface area (TPSA) is 52.7 Å². The third-order valence-electron chi connectivity index (χ3n) is 4.71. The highest BCUT2D eigenvalue weighted by molar-refractivity contribution is 7.86. The van der Waals surface area contributed by atoms with E-state index >= 15 is 0 Å².